The van der Waals surface area contributed by atoms with Crippen molar-refractivity contribution in [3.8, 4) is 0 Å². The Morgan fingerprint density at radius 1 is 1.20 bits per heavy atom. The summed E-state index contributed by atoms with van der Waals surface area (Å²) in [5.41, 5.74) is 4.27. The number of nitrogens with one attached hydrogen (secondary N) is 1. The normalized spacial score (nSPS) is 27.8. The molecule has 6 heteroatoms. The number of nitrogens with zero attached hydrogens (tertiary/aromatic N) is 1. The molecule has 2 fully saturated rings. The van der Waals surface area contributed by atoms with Crippen molar-refractivity contribution in [2.75, 3.05) is 19.7 Å². The number of carbonyl (C=O) groups is 1. The third-order valence-corrected chi connectivity index (χ3v) is 4.54. The van der Waals surface area contributed by atoms with Crippen LogP contribution >= 0.6 is 0 Å². The van der Waals surface area contributed by atoms with Crippen molar-refractivity contribution in [1.82, 2.24) is 10.4 Å². The summed E-state index contributed by atoms with van der Waals surface area (Å²) in [5.74, 6) is -0.241. The number of amides is 1. The van der Waals surface area contributed by atoms with Gasteiger partial charge in [-0.15, -0.1) is 0 Å². The Kier molecular flexibility index (Phi) is 6.42. The van der Waals surface area contributed by atoms with Crippen molar-refractivity contribution in [1.29, 1.82) is 0 Å². The maximum absolute atomic E-state index is 12.2. The summed E-state index contributed by atoms with van der Waals surface area (Å²) in [4.78, 5) is 19.9. The highest BCUT2D eigenvalue weighted by Gasteiger charge is 2.22. The average molecular weight is 348 g/mol. The second-order valence-electron chi connectivity index (χ2n) is 6.99. The lowest BCUT2D eigenvalue weighted by Crippen LogP contribution is -2.44. The summed E-state index contributed by atoms with van der Waals surface area (Å²) in [5, 5.41) is 0. The first kappa shape index (κ1) is 18.3. The number of carbonyl (C=O) groups excluding carboxylic acids is 1. The van der Waals surface area contributed by atoms with Crippen molar-refractivity contribution in [3.05, 3.63) is 35.4 Å². The third-order valence-electron chi connectivity index (χ3n) is 4.54. The zero-order valence-electron chi connectivity index (χ0n) is 15.1. The summed E-state index contributed by atoms with van der Waals surface area (Å²) in [7, 11) is 0. The minimum Gasteiger partial charge on any atom is -0.373 e. The van der Waals surface area contributed by atoms with Crippen LogP contribution in [0.3, 0.4) is 0 Å². The molecule has 1 aromatic carbocycles. The Bertz CT molecular complexity index is 547. The van der Waals surface area contributed by atoms with Crippen LogP contribution in [-0.4, -0.2) is 49.0 Å². The van der Waals surface area contributed by atoms with E-state index in [1.54, 1.807) is 0 Å². The minimum absolute atomic E-state index is 0.241. The Labute approximate surface area is 149 Å². The lowest BCUT2D eigenvalue weighted by molar-refractivity contribution is -0.186. The van der Waals surface area contributed by atoms with Crippen LogP contribution in [0.1, 0.15) is 49.0 Å². The molecule has 0 aliphatic carbocycles. The summed E-state index contributed by atoms with van der Waals surface area (Å²) in [6.45, 7) is 7.63. The Morgan fingerprint density at radius 3 is 2.56 bits per heavy atom. The van der Waals surface area contributed by atoms with Gasteiger partial charge in [-0.1, -0.05) is 12.1 Å². The van der Waals surface area contributed by atoms with Crippen molar-refractivity contribution in [2.45, 2.75) is 58.2 Å². The largest absolute Gasteiger partial charge is 0.373 e. The van der Waals surface area contributed by atoms with Crippen LogP contribution in [0.5, 0.6) is 0 Å². The molecular weight excluding hydrogens is 320 g/mol. The number of hydrogen-bond donors (Lipinski definition) is 1. The van der Waals surface area contributed by atoms with Gasteiger partial charge in [-0.25, -0.2) is 10.3 Å². The first-order valence-corrected chi connectivity index (χ1v) is 9.14. The Balaban J connectivity index is 1.48. The molecule has 6 nitrogen and oxygen atoms in total. The van der Waals surface area contributed by atoms with Crippen molar-refractivity contribution >= 4 is 5.91 Å². The SMILES string of the molecule is CC1CN(Cc2ccc(C(=O)NOC3CCCCO3)cc2)CC(C)O1. The molecule has 3 unspecified atom stereocenters. The lowest BCUT2D eigenvalue weighted by Gasteiger charge is -2.35. The van der Waals surface area contributed by atoms with Crippen LogP contribution in [0.25, 0.3) is 0 Å². The van der Waals surface area contributed by atoms with Gasteiger partial charge < -0.3 is 9.47 Å². The van der Waals surface area contributed by atoms with Crippen LogP contribution in [-0.2, 0) is 20.9 Å². The smallest absolute Gasteiger partial charge is 0.274 e. The fraction of sp³-hybridized carbons (Fsp3) is 0.632. The van der Waals surface area contributed by atoms with E-state index in [1.807, 2.05) is 24.3 Å². The van der Waals surface area contributed by atoms with Crippen LogP contribution in [0.2, 0.25) is 0 Å². The molecule has 138 valence electrons. The van der Waals surface area contributed by atoms with Crippen LogP contribution in [0.4, 0.5) is 0 Å². The number of benzene rings is 1. The Hall–Kier alpha value is -1.47. The van der Waals surface area contributed by atoms with Gasteiger partial charge in [0.1, 0.15) is 0 Å². The molecule has 0 spiro atoms. The molecule has 2 aliphatic rings. The average Bonchev–Trinajstić information content (AvgIpc) is 2.60. The van der Waals surface area contributed by atoms with Crippen molar-refractivity contribution in [2.24, 2.45) is 0 Å². The van der Waals surface area contributed by atoms with Gasteiger partial charge in [0.05, 0.1) is 12.2 Å². The molecular formula is C19H28N2O4. The third kappa shape index (κ3) is 5.51. The van der Waals surface area contributed by atoms with E-state index in [2.05, 4.69) is 24.2 Å². The van der Waals surface area contributed by atoms with Gasteiger partial charge in [0, 0.05) is 38.2 Å². The van der Waals surface area contributed by atoms with Gasteiger partial charge in [0.15, 0.2) is 6.29 Å². The van der Waals surface area contributed by atoms with Crippen LogP contribution in [0, 0.1) is 0 Å². The van der Waals surface area contributed by atoms with E-state index >= 15 is 0 Å². The summed E-state index contributed by atoms with van der Waals surface area (Å²) in [6, 6.07) is 7.67. The number of hydrogen-bond acceptors (Lipinski definition) is 5. The predicted molar refractivity (Wildman–Crippen MR) is 93.9 cm³/mol. The highest BCUT2D eigenvalue weighted by molar-refractivity contribution is 5.93. The fourth-order valence-corrected chi connectivity index (χ4v) is 3.42. The van der Waals surface area contributed by atoms with E-state index in [0.29, 0.717) is 12.2 Å². The minimum atomic E-state index is -0.331. The molecule has 2 saturated heterocycles. The second-order valence-corrected chi connectivity index (χ2v) is 6.99. The zero-order chi connectivity index (χ0) is 17.6. The fourth-order valence-electron chi connectivity index (χ4n) is 3.42. The van der Waals surface area contributed by atoms with E-state index in [0.717, 1.165) is 38.9 Å². The first-order chi connectivity index (χ1) is 12.1. The quantitative estimate of drug-likeness (QED) is 0.829. The summed E-state index contributed by atoms with van der Waals surface area (Å²) in [6.07, 6.45) is 3.11. The molecule has 1 aromatic rings. The van der Waals surface area contributed by atoms with E-state index in [1.165, 1.54) is 5.56 Å². The first-order valence-electron chi connectivity index (χ1n) is 9.14. The number of ether oxygens (including phenoxy) is 2. The van der Waals surface area contributed by atoms with Crippen molar-refractivity contribution in [3.63, 3.8) is 0 Å². The number of morpholine rings is 1. The van der Waals surface area contributed by atoms with Crippen LogP contribution in [0.15, 0.2) is 24.3 Å². The zero-order valence-corrected chi connectivity index (χ0v) is 15.1. The van der Waals surface area contributed by atoms with Gasteiger partial charge in [0.2, 0.25) is 0 Å². The monoisotopic (exact) mass is 348 g/mol. The topological polar surface area (TPSA) is 60.0 Å². The van der Waals surface area contributed by atoms with E-state index in [-0.39, 0.29) is 24.4 Å². The molecule has 0 radical (unpaired) electrons. The van der Waals surface area contributed by atoms with Crippen LogP contribution < -0.4 is 5.48 Å². The van der Waals surface area contributed by atoms with Gasteiger partial charge in [-0.3, -0.25) is 9.69 Å². The molecule has 0 aromatic heterocycles. The molecule has 3 atom stereocenters. The van der Waals surface area contributed by atoms with Gasteiger partial charge in [-0.05, 0) is 44.4 Å². The molecule has 3 rings (SSSR count). The van der Waals surface area contributed by atoms with E-state index in [9.17, 15) is 4.79 Å². The van der Waals surface area contributed by atoms with Gasteiger partial charge in [0.25, 0.3) is 5.91 Å². The molecule has 1 N–H and O–H groups in total. The molecule has 0 saturated carbocycles. The van der Waals surface area contributed by atoms with E-state index in [4.69, 9.17) is 14.3 Å². The Morgan fingerprint density at radius 2 is 1.92 bits per heavy atom. The number of rotatable bonds is 5. The lowest BCUT2D eigenvalue weighted by atomic mass is 10.1. The molecule has 0 bridgehead atoms. The summed E-state index contributed by atoms with van der Waals surface area (Å²) >= 11 is 0. The second kappa shape index (κ2) is 8.76. The maximum Gasteiger partial charge on any atom is 0.274 e. The van der Waals surface area contributed by atoms with Gasteiger partial charge in [-0.2, -0.15) is 0 Å². The standard InChI is InChI=1S/C19H28N2O4/c1-14-11-21(12-15(2)24-14)13-16-6-8-17(9-7-16)19(22)20-25-18-5-3-4-10-23-18/h6-9,14-15,18H,3-5,10-13H2,1-2H3,(H,20,22). The molecule has 25 heavy (non-hydrogen) atoms. The molecule has 2 heterocycles. The highest BCUT2D eigenvalue weighted by Crippen LogP contribution is 2.15. The maximum atomic E-state index is 12.2. The number of hydroxylamine groups is 1. The van der Waals surface area contributed by atoms with E-state index < -0.39 is 0 Å². The van der Waals surface area contributed by atoms with Crippen molar-refractivity contribution < 1.29 is 19.1 Å². The summed E-state index contributed by atoms with van der Waals surface area (Å²) < 4.78 is 11.2. The van der Waals surface area contributed by atoms with Gasteiger partial charge >= 0.3 is 0 Å². The molecule has 1 amide bonds. The predicted octanol–water partition coefficient (Wildman–Crippen LogP) is 2.48. The highest BCUT2D eigenvalue weighted by atomic mass is 16.8. The molecule has 2 aliphatic heterocycles.